The summed E-state index contributed by atoms with van der Waals surface area (Å²) < 4.78 is 7.76. The van der Waals surface area contributed by atoms with Crippen molar-refractivity contribution in [2.24, 2.45) is 11.5 Å². The summed E-state index contributed by atoms with van der Waals surface area (Å²) in [6.07, 6.45) is 3.30. The van der Waals surface area contributed by atoms with Crippen LogP contribution in [0.5, 0.6) is 11.5 Å². The molecule has 4 aromatic rings. The molecule has 0 bridgehead atoms. The largest absolute Gasteiger partial charge is 0.457 e. The maximum Gasteiger partial charge on any atom is 0.239 e. The molecule has 11 heteroatoms. The SMILES string of the molecule is NC(=O)CC[C@H](N)C(=O)N1CCCC(n2nc(-c3ccc(Oc4ccccc4)cc3)c3c(N)ncnc32)C1. The fourth-order valence-corrected chi connectivity index (χ4v) is 4.77. The van der Waals surface area contributed by atoms with Gasteiger partial charge >= 0.3 is 0 Å². The van der Waals surface area contributed by atoms with E-state index in [0.717, 1.165) is 24.2 Å². The molecule has 11 nitrogen and oxygen atoms in total. The number of nitrogens with zero attached hydrogens (tertiary/aromatic N) is 5. The van der Waals surface area contributed by atoms with Crippen molar-refractivity contribution in [2.75, 3.05) is 18.8 Å². The molecule has 2 aromatic carbocycles. The summed E-state index contributed by atoms with van der Waals surface area (Å²) in [6.45, 7) is 1.01. The number of para-hydroxylation sites is 1. The average Bonchev–Trinajstić information content (AvgIpc) is 3.33. The van der Waals surface area contributed by atoms with E-state index in [-0.39, 0.29) is 24.8 Å². The Bertz CT molecular complexity index is 1440. The number of carbonyl (C=O) groups is 2. The molecule has 1 aliphatic heterocycles. The molecule has 2 amide bonds. The molecule has 0 saturated carbocycles. The minimum Gasteiger partial charge on any atom is -0.457 e. The summed E-state index contributed by atoms with van der Waals surface area (Å²) in [5.41, 5.74) is 19.7. The van der Waals surface area contributed by atoms with Crippen LogP contribution in [-0.4, -0.2) is 55.6 Å². The molecular formula is C27H30N8O3. The van der Waals surface area contributed by atoms with Gasteiger partial charge in [-0.2, -0.15) is 5.10 Å². The summed E-state index contributed by atoms with van der Waals surface area (Å²) in [5.74, 6) is 1.10. The van der Waals surface area contributed by atoms with E-state index in [4.69, 9.17) is 27.0 Å². The maximum atomic E-state index is 13.0. The van der Waals surface area contributed by atoms with Crippen molar-refractivity contribution in [3.8, 4) is 22.8 Å². The summed E-state index contributed by atoms with van der Waals surface area (Å²) in [6, 6.07) is 16.3. The normalized spacial score (nSPS) is 16.3. The number of amides is 2. The lowest BCUT2D eigenvalue weighted by Crippen LogP contribution is -2.48. The van der Waals surface area contributed by atoms with E-state index in [0.29, 0.717) is 41.4 Å². The van der Waals surface area contributed by atoms with E-state index < -0.39 is 11.9 Å². The smallest absolute Gasteiger partial charge is 0.239 e. The topological polar surface area (TPSA) is 168 Å². The molecule has 1 unspecified atom stereocenters. The second-order valence-corrected chi connectivity index (χ2v) is 9.38. The van der Waals surface area contributed by atoms with E-state index in [9.17, 15) is 9.59 Å². The number of ether oxygens (including phenoxy) is 1. The number of hydrogen-bond donors (Lipinski definition) is 3. The van der Waals surface area contributed by atoms with Crippen LogP contribution in [0.2, 0.25) is 0 Å². The number of fused-ring (bicyclic) bond motifs is 1. The molecule has 1 fully saturated rings. The standard InChI is InChI=1S/C27H30N8O3/c28-21(12-13-22(29)36)27(37)34-14-4-5-18(15-34)35-26-23(25(30)31-16-32-26)24(33-35)17-8-10-20(11-9-17)38-19-6-2-1-3-7-19/h1-3,6-11,16,18,21H,4-5,12-15,28H2,(H2,29,36)(H2,30,31,32)/t18?,21-/m0/s1. The molecule has 0 spiro atoms. The van der Waals surface area contributed by atoms with E-state index in [1.165, 1.54) is 6.33 Å². The minimum atomic E-state index is -0.777. The van der Waals surface area contributed by atoms with Gasteiger partial charge in [0.1, 0.15) is 29.3 Å². The molecule has 0 radical (unpaired) electrons. The second kappa shape index (κ2) is 10.9. The predicted molar refractivity (Wildman–Crippen MR) is 143 cm³/mol. The lowest BCUT2D eigenvalue weighted by Gasteiger charge is -2.34. The highest BCUT2D eigenvalue weighted by atomic mass is 16.5. The lowest BCUT2D eigenvalue weighted by atomic mass is 10.0. The predicted octanol–water partition coefficient (Wildman–Crippen LogP) is 2.62. The van der Waals surface area contributed by atoms with Crippen LogP contribution in [0.15, 0.2) is 60.9 Å². The Morgan fingerprint density at radius 1 is 1.05 bits per heavy atom. The van der Waals surface area contributed by atoms with Crippen molar-refractivity contribution in [3.63, 3.8) is 0 Å². The van der Waals surface area contributed by atoms with Crippen molar-refractivity contribution in [3.05, 3.63) is 60.9 Å². The van der Waals surface area contributed by atoms with Gasteiger partial charge in [0.2, 0.25) is 11.8 Å². The molecule has 3 heterocycles. The maximum absolute atomic E-state index is 13.0. The number of benzene rings is 2. The number of primary amides is 1. The highest BCUT2D eigenvalue weighted by Crippen LogP contribution is 2.35. The van der Waals surface area contributed by atoms with Gasteiger partial charge in [-0.25, -0.2) is 14.6 Å². The summed E-state index contributed by atoms with van der Waals surface area (Å²) in [5, 5.41) is 5.58. The van der Waals surface area contributed by atoms with Crippen LogP contribution >= 0.6 is 0 Å². The Hall–Kier alpha value is -4.51. The monoisotopic (exact) mass is 514 g/mol. The highest BCUT2D eigenvalue weighted by molar-refractivity contribution is 5.98. The molecule has 1 aliphatic rings. The van der Waals surface area contributed by atoms with E-state index in [1.54, 1.807) is 4.90 Å². The lowest BCUT2D eigenvalue weighted by molar-refractivity contribution is -0.134. The number of carbonyl (C=O) groups excluding carboxylic acids is 2. The van der Waals surface area contributed by atoms with Gasteiger partial charge in [-0.15, -0.1) is 0 Å². The third-order valence-corrected chi connectivity index (χ3v) is 6.70. The molecule has 38 heavy (non-hydrogen) atoms. The van der Waals surface area contributed by atoms with Crippen LogP contribution < -0.4 is 21.9 Å². The average molecular weight is 515 g/mol. The summed E-state index contributed by atoms with van der Waals surface area (Å²) >= 11 is 0. The number of anilines is 1. The zero-order valence-electron chi connectivity index (χ0n) is 20.9. The number of likely N-dealkylation sites (tertiary alicyclic amines) is 1. The van der Waals surface area contributed by atoms with Gasteiger partial charge in [0.15, 0.2) is 5.65 Å². The zero-order valence-corrected chi connectivity index (χ0v) is 20.9. The summed E-state index contributed by atoms with van der Waals surface area (Å²) in [7, 11) is 0. The number of rotatable bonds is 8. The van der Waals surface area contributed by atoms with Crippen LogP contribution in [0.4, 0.5) is 5.82 Å². The number of nitrogen functional groups attached to an aromatic ring is 1. The Morgan fingerprint density at radius 2 is 1.79 bits per heavy atom. The first-order valence-electron chi connectivity index (χ1n) is 12.6. The van der Waals surface area contributed by atoms with Gasteiger partial charge in [-0.05, 0) is 55.7 Å². The minimum absolute atomic E-state index is 0.0721. The number of piperidine rings is 1. The number of aromatic nitrogens is 4. The fraction of sp³-hybridized carbons (Fsp3) is 0.296. The van der Waals surface area contributed by atoms with Gasteiger partial charge in [-0.1, -0.05) is 18.2 Å². The quantitative estimate of drug-likeness (QED) is 0.322. The summed E-state index contributed by atoms with van der Waals surface area (Å²) in [4.78, 5) is 34.5. The van der Waals surface area contributed by atoms with Crippen molar-refractivity contribution in [1.29, 1.82) is 0 Å². The zero-order chi connectivity index (χ0) is 26.6. The Morgan fingerprint density at radius 3 is 2.53 bits per heavy atom. The molecule has 196 valence electrons. The van der Waals surface area contributed by atoms with Crippen LogP contribution in [0, 0.1) is 0 Å². The number of hydrogen-bond acceptors (Lipinski definition) is 8. The van der Waals surface area contributed by atoms with Crippen LogP contribution in [0.25, 0.3) is 22.3 Å². The Balaban J connectivity index is 1.41. The van der Waals surface area contributed by atoms with E-state index >= 15 is 0 Å². The van der Waals surface area contributed by atoms with Crippen molar-refractivity contribution < 1.29 is 14.3 Å². The van der Waals surface area contributed by atoms with Crippen molar-refractivity contribution in [2.45, 2.75) is 37.8 Å². The first kappa shape index (κ1) is 25.2. The molecule has 2 aromatic heterocycles. The number of nitrogens with two attached hydrogens (primary N) is 3. The Kier molecular flexibility index (Phi) is 7.18. The van der Waals surface area contributed by atoms with Gasteiger partial charge in [-0.3, -0.25) is 9.59 Å². The first-order chi connectivity index (χ1) is 18.4. The van der Waals surface area contributed by atoms with Crippen LogP contribution in [0.1, 0.15) is 31.7 Å². The van der Waals surface area contributed by atoms with Crippen molar-refractivity contribution >= 4 is 28.7 Å². The molecule has 2 atom stereocenters. The fourth-order valence-electron chi connectivity index (χ4n) is 4.77. The van der Waals surface area contributed by atoms with Gasteiger partial charge in [0.05, 0.1) is 17.5 Å². The third kappa shape index (κ3) is 5.28. The van der Waals surface area contributed by atoms with E-state index in [1.807, 2.05) is 59.3 Å². The highest BCUT2D eigenvalue weighted by Gasteiger charge is 2.30. The molecule has 6 N–H and O–H groups in total. The first-order valence-corrected chi connectivity index (χ1v) is 12.6. The third-order valence-electron chi connectivity index (χ3n) is 6.70. The molecule has 1 saturated heterocycles. The molecule has 5 rings (SSSR count). The van der Waals surface area contributed by atoms with Gasteiger partial charge in [0.25, 0.3) is 0 Å². The molecular weight excluding hydrogens is 484 g/mol. The second-order valence-electron chi connectivity index (χ2n) is 9.38. The molecule has 0 aliphatic carbocycles. The Labute approximate surface area is 219 Å². The van der Waals surface area contributed by atoms with Gasteiger partial charge in [0, 0.05) is 25.1 Å². The van der Waals surface area contributed by atoms with E-state index in [2.05, 4.69) is 9.97 Å². The van der Waals surface area contributed by atoms with Gasteiger partial charge < -0.3 is 26.8 Å². The van der Waals surface area contributed by atoms with Crippen LogP contribution in [-0.2, 0) is 9.59 Å². The van der Waals surface area contributed by atoms with Crippen molar-refractivity contribution in [1.82, 2.24) is 24.6 Å². The van der Waals surface area contributed by atoms with Crippen LogP contribution in [0.3, 0.4) is 0 Å².